The third-order valence-corrected chi connectivity index (χ3v) is 5.95. The number of thioether (sulfide) groups is 1. The van der Waals surface area contributed by atoms with Crippen LogP contribution in [0, 0.1) is 0 Å². The van der Waals surface area contributed by atoms with E-state index in [0.29, 0.717) is 12.1 Å². The molecule has 2 saturated carbocycles. The lowest BCUT2D eigenvalue weighted by atomic mass is 9.96. The van der Waals surface area contributed by atoms with Gasteiger partial charge in [0.1, 0.15) is 0 Å². The lowest BCUT2D eigenvalue weighted by Gasteiger charge is -2.21. The quantitative estimate of drug-likeness (QED) is 0.787. The maximum atomic E-state index is 11.9. The van der Waals surface area contributed by atoms with Crippen molar-refractivity contribution >= 4 is 34.1 Å². The van der Waals surface area contributed by atoms with Crippen molar-refractivity contribution in [3.63, 3.8) is 0 Å². The number of rotatable bonds is 6. The number of amides is 1. The predicted octanol–water partition coefficient (Wildman–Crippen LogP) is 3.04. The Labute approximate surface area is 133 Å². The van der Waals surface area contributed by atoms with Crippen LogP contribution < -0.4 is 10.6 Å². The Bertz CT molecular complexity index is 483. The van der Waals surface area contributed by atoms with Gasteiger partial charge in [-0.2, -0.15) is 0 Å². The molecule has 3 rings (SSSR count). The van der Waals surface area contributed by atoms with Crippen molar-refractivity contribution in [1.29, 1.82) is 0 Å². The van der Waals surface area contributed by atoms with Crippen molar-refractivity contribution in [2.45, 2.75) is 73.5 Å². The number of aromatic nitrogens is 2. The molecule has 0 bridgehead atoms. The number of hydrogen-bond donors (Lipinski definition) is 2. The van der Waals surface area contributed by atoms with Crippen molar-refractivity contribution in [3.05, 3.63) is 0 Å². The van der Waals surface area contributed by atoms with Crippen LogP contribution in [-0.4, -0.2) is 33.4 Å². The lowest BCUT2D eigenvalue weighted by Crippen LogP contribution is -2.32. The highest BCUT2D eigenvalue weighted by Gasteiger charge is 2.26. The molecular formula is C14H22N4OS2. The fourth-order valence-electron chi connectivity index (χ4n) is 2.49. The van der Waals surface area contributed by atoms with Gasteiger partial charge in [0.2, 0.25) is 11.0 Å². The highest BCUT2D eigenvalue weighted by Crippen LogP contribution is 2.31. The monoisotopic (exact) mass is 326 g/mol. The minimum atomic E-state index is -0.110. The summed E-state index contributed by atoms with van der Waals surface area (Å²) in [4.78, 5) is 11.9. The molecule has 1 aromatic heterocycles. The molecule has 116 valence electrons. The number of nitrogens with one attached hydrogen (secondary N) is 2. The SMILES string of the molecule is C[C@H](Sc1nnc(NC2CCCCC2)s1)C(=O)NC1CC1. The summed E-state index contributed by atoms with van der Waals surface area (Å²) < 4.78 is 0.867. The molecule has 1 amide bonds. The van der Waals surface area contributed by atoms with Crippen molar-refractivity contribution in [2.24, 2.45) is 0 Å². The average molecular weight is 326 g/mol. The number of carbonyl (C=O) groups is 1. The minimum absolute atomic E-state index is 0.110. The van der Waals surface area contributed by atoms with E-state index in [0.717, 1.165) is 22.3 Å². The van der Waals surface area contributed by atoms with Crippen LogP contribution in [0.25, 0.3) is 0 Å². The average Bonchev–Trinajstić information content (AvgIpc) is 3.19. The van der Waals surface area contributed by atoms with Gasteiger partial charge >= 0.3 is 0 Å². The number of anilines is 1. The second kappa shape index (κ2) is 6.96. The zero-order valence-corrected chi connectivity index (χ0v) is 13.9. The Morgan fingerprint density at radius 3 is 2.67 bits per heavy atom. The third-order valence-electron chi connectivity index (χ3n) is 3.91. The molecule has 7 heteroatoms. The van der Waals surface area contributed by atoms with E-state index in [2.05, 4.69) is 20.8 Å². The van der Waals surface area contributed by atoms with E-state index in [4.69, 9.17) is 0 Å². The zero-order chi connectivity index (χ0) is 14.7. The van der Waals surface area contributed by atoms with Crippen LogP contribution in [0.3, 0.4) is 0 Å². The normalized spacial score (nSPS) is 21.0. The van der Waals surface area contributed by atoms with Gasteiger partial charge in [-0.05, 0) is 32.6 Å². The van der Waals surface area contributed by atoms with Crippen LogP contribution in [0.2, 0.25) is 0 Å². The predicted molar refractivity (Wildman–Crippen MR) is 86.9 cm³/mol. The molecule has 1 atom stereocenters. The maximum absolute atomic E-state index is 11.9. The van der Waals surface area contributed by atoms with Gasteiger partial charge in [-0.15, -0.1) is 10.2 Å². The lowest BCUT2D eigenvalue weighted by molar-refractivity contribution is -0.120. The Hall–Kier alpha value is -0.820. The van der Waals surface area contributed by atoms with Crippen molar-refractivity contribution in [2.75, 3.05) is 5.32 Å². The Kier molecular flexibility index (Phi) is 5.00. The molecule has 0 unspecified atom stereocenters. The summed E-state index contributed by atoms with van der Waals surface area (Å²) in [6, 6.07) is 0.957. The van der Waals surface area contributed by atoms with E-state index >= 15 is 0 Å². The molecule has 2 aliphatic carbocycles. The van der Waals surface area contributed by atoms with Gasteiger partial charge in [0, 0.05) is 12.1 Å². The summed E-state index contributed by atoms with van der Waals surface area (Å²) in [5.74, 6) is 0.111. The van der Waals surface area contributed by atoms with Gasteiger partial charge < -0.3 is 10.6 Å². The summed E-state index contributed by atoms with van der Waals surface area (Å²) in [6.07, 6.45) is 8.65. The zero-order valence-electron chi connectivity index (χ0n) is 12.3. The molecule has 0 saturated heterocycles. The fraction of sp³-hybridized carbons (Fsp3) is 0.786. The van der Waals surface area contributed by atoms with E-state index in [9.17, 15) is 4.79 Å². The third kappa shape index (κ3) is 4.57. The second-order valence-corrected chi connectivity index (χ2v) is 8.46. The molecule has 21 heavy (non-hydrogen) atoms. The van der Waals surface area contributed by atoms with Gasteiger partial charge in [-0.1, -0.05) is 42.4 Å². The van der Waals surface area contributed by atoms with Crippen LogP contribution in [0.5, 0.6) is 0 Å². The van der Waals surface area contributed by atoms with Gasteiger partial charge in [-0.25, -0.2) is 0 Å². The van der Waals surface area contributed by atoms with Crippen LogP contribution in [0.4, 0.5) is 5.13 Å². The second-order valence-electron chi connectivity index (χ2n) is 5.90. The number of hydrogen-bond acceptors (Lipinski definition) is 6. The first-order valence-electron chi connectivity index (χ1n) is 7.78. The molecule has 1 aromatic rings. The topological polar surface area (TPSA) is 66.9 Å². The molecule has 0 radical (unpaired) electrons. The Morgan fingerprint density at radius 2 is 1.95 bits per heavy atom. The Balaban J connectivity index is 1.48. The molecule has 2 aliphatic rings. The Morgan fingerprint density at radius 1 is 1.19 bits per heavy atom. The molecule has 0 aromatic carbocycles. The highest BCUT2D eigenvalue weighted by molar-refractivity contribution is 8.02. The summed E-state index contributed by atoms with van der Waals surface area (Å²) >= 11 is 3.05. The van der Waals surface area contributed by atoms with Gasteiger partial charge in [0.15, 0.2) is 4.34 Å². The smallest absolute Gasteiger partial charge is 0.233 e. The van der Waals surface area contributed by atoms with E-state index in [-0.39, 0.29) is 11.2 Å². The van der Waals surface area contributed by atoms with Crippen LogP contribution in [0.15, 0.2) is 4.34 Å². The van der Waals surface area contributed by atoms with Gasteiger partial charge in [0.25, 0.3) is 0 Å². The fourth-order valence-corrected chi connectivity index (χ4v) is 4.47. The molecular weight excluding hydrogens is 304 g/mol. The van der Waals surface area contributed by atoms with E-state index in [1.54, 1.807) is 11.3 Å². The summed E-state index contributed by atoms with van der Waals surface area (Å²) in [5, 5.41) is 15.7. The first-order chi connectivity index (χ1) is 10.2. The first kappa shape index (κ1) is 15.1. The molecule has 1 heterocycles. The van der Waals surface area contributed by atoms with Crippen molar-refractivity contribution in [3.8, 4) is 0 Å². The van der Waals surface area contributed by atoms with E-state index < -0.39 is 0 Å². The van der Waals surface area contributed by atoms with Crippen LogP contribution in [0.1, 0.15) is 51.9 Å². The van der Waals surface area contributed by atoms with Gasteiger partial charge in [-0.3, -0.25) is 4.79 Å². The summed E-state index contributed by atoms with van der Waals surface area (Å²) in [6.45, 7) is 1.93. The van der Waals surface area contributed by atoms with Crippen LogP contribution in [-0.2, 0) is 4.79 Å². The van der Waals surface area contributed by atoms with Crippen molar-refractivity contribution < 1.29 is 4.79 Å². The van der Waals surface area contributed by atoms with E-state index in [1.165, 1.54) is 43.9 Å². The first-order valence-corrected chi connectivity index (χ1v) is 9.47. The van der Waals surface area contributed by atoms with Crippen LogP contribution >= 0.6 is 23.1 Å². The standard InChI is InChI=1S/C14H22N4OS2/c1-9(12(19)15-11-7-8-11)20-14-18-17-13(21-14)16-10-5-3-2-4-6-10/h9-11H,2-8H2,1H3,(H,15,19)(H,16,17)/t9-/m0/s1. The molecule has 0 spiro atoms. The molecule has 2 N–H and O–H groups in total. The number of carbonyl (C=O) groups excluding carboxylic acids is 1. The highest BCUT2D eigenvalue weighted by atomic mass is 32.2. The van der Waals surface area contributed by atoms with E-state index in [1.807, 2.05) is 6.92 Å². The molecule has 2 fully saturated rings. The summed E-state index contributed by atoms with van der Waals surface area (Å²) in [7, 11) is 0. The number of nitrogens with zero attached hydrogens (tertiary/aromatic N) is 2. The minimum Gasteiger partial charge on any atom is -0.357 e. The largest absolute Gasteiger partial charge is 0.357 e. The van der Waals surface area contributed by atoms with Crippen molar-refractivity contribution in [1.82, 2.24) is 15.5 Å². The summed E-state index contributed by atoms with van der Waals surface area (Å²) in [5.41, 5.74) is 0. The van der Waals surface area contributed by atoms with Gasteiger partial charge in [0.05, 0.1) is 5.25 Å². The molecule has 5 nitrogen and oxygen atoms in total. The molecule has 0 aliphatic heterocycles. The maximum Gasteiger partial charge on any atom is 0.233 e.